The molecular weight excluding hydrogens is 292 g/mol. The first-order valence-electron chi connectivity index (χ1n) is 5.90. The van der Waals surface area contributed by atoms with Crippen LogP contribution in [0.25, 0.3) is 0 Å². The fourth-order valence-corrected chi connectivity index (χ4v) is 11.2. The average Bonchev–Trinajstić information content (AvgIpc) is 2.45. The number of hydrogen-bond acceptors (Lipinski definition) is 3. The molecule has 4 heteroatoms. The third kappa shape index (κ3) is 1.78. The van der Waals surface area contributed by atoms with E-state index in [1.165, 1.54) is 20.2 Å². The molecule has 92 valence electrons. The molecule has 2 aromatic rings. The number of thiol groups is 2. The SMILES string of the molecule is SC[Si]1(CS)c2ccccc2Sc2ccccc21. The van der Waals surface area contributed by atoms with Gasteiger partial charge in [-0.3, -0.25) is 0 Å². The maximum Gasteiger partial charge on any atom is 0.139 e. The average molecular weight is 307 g/mol. The first-order chi connectivity index (χ1) is 8.81. The molecule has 0 saturated carbocycles. The molecule has 0 unspecified atom stereocenters. The summed E-state index contributed by atoms with van der Waals surface area (Å²) in [5.74, 6) is 0. The predicted molar refractivity (Wildman–Crippen MR) is 89.7 cm³/mol. The first-order valence-corrected chi connectivity index (χ1v) is 10.4. The van der Waals surface area contributed by atoms with Crippen molar-refractivity contribution in [1.29, 1.82) is 0 Å². The second-order valence-electron chi connectivity index (χ2n) is 4.49. The third-order valence-corrected chi connectivity index (χ3v) is 12.3. The fraction of sp³-hybridized carbons (Fsp3) is 0.143. The minimum atomic E-state index is -1.76. The molecule has 18 heavy (non-hydrogen) atoms. The van der Waals surface area contributed by atoms with Gasteiger partial charge in [0.25, 0.3) is 0 Å². The highest BCUT2D eigenvalue weighted by Crippen LogP contribution is 2.33. The molecular formula is C14H14S3Si. The van der Waals surface area contributed by atoms with Crippen LogP contribution in [-0.4, -0.2) is 18.8 Å². The summed E-state index contributed by atoms with van der Waals surface area (Å²) in [4.78, 5) is 2.79. The van der Waals surface area contributed by atoms with Crippen LogP contribution < -0.4 is 10.4 Å². The summed E-state index contributed by atoms with van der Waals surface area (Å²) in [6.07, 6.45) is 0. The Balaban J connectivity index is 2.30. The lowest BCUT2D eigenvalue weighted by Gasteiger charge is -2.36. The Bertz CT molecular complexity index is 531. The minimum absolute atomic E-state index is 0.922. The molecule has 0 radical (unpaired) electrons. The lowest BCUT2D eigenvalue weighted by atomic mass is 10.3. The molecule has 3 rings (SSSR count). The maximum atomic E-state index is 4.68. The van der Waals surface area contributed by atoms with Gasteiger partial charge in [-0.25, -0.2) is 0 Å². The van der Waals surface area contributed by atoms with E-state index in [1.807, 2.05) is 11.8 Å². The zero-order chi connectivity index (χ0) is 12.6. The van der Waals surface area contributed by atoms with Crippen molar-refractivity contribution in [3.05, 3.63) is 48.5 Å². The van der Waals surface area contributed by atoms with Crippen LogP contribution in [0, 0.1) is 0 Å². The highest BCUT2D eigenvalue weighted by molar-refractivity contribution is 8.00. The van der Waals surface area contributed by atoms with E-state index >= 15 is 0 Å². The molecule has 0 fully saturated rings. The topological polar surface area (TPSA) is 0 Å². The van der Waals surface area contributed by atoms with Crippen molar-refractivity contribution in [3.63, 3.8) is 0 Å². The van der Waals surface area contributed by atoms with Gasteiger partial charge in [-0.1, -0.05) is 48.2 Å². The summed E-state index contributed by atoms with van der Waals surface area (Å²) < 4.78 is 0. The van der Waals surface area contributed by atoms with Crippen molar-refractivity contribution >= 4 is 55.5 Å². The van der Waals surface area contributed by atoms with E-state index in [4.69, 9.17) is 0 Å². The third-order valence-electron chi connectivity index (χ3n) is 3.57. The summed E-state index contributed by atoms with van der Waals surface area (Å²) in [5.41, 5.74) is 0. The van der Waals surface area contributed by atoms with Gasteiger partial charge in [-0.15, -0.1) is 0 Å². The van der Waals surface area contributed by atoms with E-state index in [0.717, 1.165) is 10.8 Å². The molecule has 0 atom stereocenters. The zero-order valence-electron chi connectivity index (χ0n) is 9.84. The normalized spacial score (nSPS) is 15.9. The van der Waals surface area contributed by atoms with Crippen LogP contribution in [0.15, 0.2) is 58.3 Å². The fourth-order valence-electron chi connectivity index (χ4n) is 2.56. The van der Waals surface area contributed by atoms with Gasteiger partial charge in [0, 0.05) is 9.79 Å². The molecule has 0 amide bonds. The summed E-state index contributed by atoms with van der Waals surface area (Å²) >= 11 is 11.2. The van der Waals surface area contributed by atoms with Gasteiger partial charge in [-0.2, -0.15) is 25.3 Å². The molecule has 0 nitrogen and oxygen atoms in total. The van der Waals surface area contributed by atoms with Gasteiger partial charge in [0.05, 0.1) is 0 Å². The predicted octanol–water partition coefficient (Wildman–Crippen LogP) is 2.65. The van der Waals surface area contributed by atoms with Gasteiger partial charge in [-0.05, 0) is 33.3 Å². The number of rotatable bonds is 2. The van der Waals surface area contributed by atoms with E-state index < -0.39 is 8.07 Å². The Morgan fingerprint density at radius 2 is 1.22 bits per heavy atom. The summed E-state index contributed by atoms with van der Waals surface area (Å²) in [5, 5.41) is 4.84. The van der Waals surface area contributed by atoms with E-state index in [0.29, 0.717) is 0 Å². The Labute approximate surface area is 124 Å². The zero-order valence-corrected chi connectivity index (χ0v) is 13.4. The van der Waals surface area contributed by atoms with Crippen molar-refractivity contribution in [3.8, 4) is 0 Å². The van der Waals surface area contributed by atoms with Crippen LogP contribution in [0.1, 0.15) is 0 Å². The molecule has 0 spiro atoms. The van der Waals surface area contributed by atoms with Crippen molar-refractivity contribution < 1.29 is 0 Å². The molecule has 2 aromatic carbocycles. The number of fused-ring (bicyclic) bond motifs is 2. The Kier molecular flexibility index (Phi) is 3.54. The van der Waals surface area contributed by atoms with E-state index in [9.17, 15) is 0 Å². The van der Waals surface area contributed by atoms with Gasteiger partial charge in [0.1, 0.15) is 8.07 Å². The highest BCUT2D eigenvalue weighted by atomic mass is 32.2. The molecule has 0 saturated heterocycles. The largest absolute Gasteiger partial charge is 0.182 e. The van der Waals surface area contributed by atoms with Gasteiger partial charge in [0.15, 0.2) is 0 Å². The minimum Gasteiger partial charge on any atom is -0.182 e. The van der Waals surface area contributed by atoms with Crippen LogP contribution in [0.3, 0.4) is 0 Å². The second kappa shape index (κ2) is 5.00. The molecule has 0 aromatic heterocycles. The van der Waals surface area contributed by atoms with Crippen LogP contribution in [0.2, 0.25) is 0 Å². The van der Waals surface area contributed by atoms with Crippen molar-refractivity contribution in [2.24, 2.45) is 0 Å². The Morgan fingerprint density at radius 1 is 0.778 bits per heavy atom. The first kappa shape index (κ1) is 12.7. The van der Waals surface area contributed by atoms with Gasteiger partial charge < -0.3 is 0 Å². The molecule has 0 N–H and O–H groups in total. The van der Waals surface area contributed by atoms with E-state index in [1.54, 1.807) is 0 Å². The Hall–Kier alpha value is -0.293. The molecule has 1 aliphatic rings. The van der Waals surface area contributed by atoms with Crippen molar-refractivity contribution in [1.82, 2.24) is 0 Å². The standard InChI is InChI=1S/C14H14S3Si/c15-9-18(10-16)13-7-3-1-5-11(13)17-12-6-2-4-8-14(12)18/h1-8,15-16H,9-10H2. The summed E-state index contributed by atoms with van der Waals surface area (Å²) in [6.45, 7) is 0. The Morgan fingerprint density at radius 3 is 1.67 bits per heavy atom. The lowest BCUT2D eigenvalue weighted by Crippen LogP contribution is -2.65. The van der Waals surface area contributed by atoms with E-state index in [2.05, 4.69) is 73.8 Å². The monoisotopic (exact) mass is 306 g/mol. The van der Waals surface area contributed by atoms with E-state index in [-0.39, 0.29) is 0 Å². The maximum absolute atomic E-state index is 4.68. The van der Waals surface area contributed by atoms with Crippen molar-refractivity contribution in [2.45, 2.75) is 9.79 Å². The van der Waals surface area contributed by atoms with Crippen LogP contribution in [0.4, 0.5) is 0 Å². The van der Waals surface area contributed by atoms with Crippen LogP contribution in [0.5, 0.6) is 0 Å². The lowest BCUT2D eigenvalue weighted by molar-refractivity contribution is 1.40. The number of hydrogen-bond donors (Lipinski definition) is 2. The molecule has 1 aliphatic heterocycles. The second-order valence-corrected chi connectivity index (χ2v) is 11.3. The number of benzene rings is 2. The summed E-state index contributed by atoms with van der Waals surface area (Å²) in [6, 6.07) is 17.5. The molecule has 1 heterocycles. The summed E-state index contributed by atoms with van der Waals surface area (Å²) in [7, 11) is -1.76. The van der Waals surface area contributed by atoms with Gasteiger partial charge in [0.2, 0.25) is 0 Å². The smallest absolute Gasteiger partial charge is 0.139 e. The van der Waals surface area contributed by atoms with Crippen LogP contribution in [-0.2, 0) is 0 Å². The molecule has 0 aliphatic carbocycles. The molecule has 0 bridgehead atoms. The van der Waals surface area contributed by atoms with Gasteiger partial charge >= 0.3 is 0 Å². The highest BCUT2D eigenvalue weighted by Gasteiger charge is 2.41. The van der Waals surface area contributed by atoms with Crippen LogP contribution >= 0.6 is 37.0 Å². The quantitative estimate of drug-likeness (QED) is 0.635. The van der Waals surface area contributed by atoms with Crippen molar-refractivity contribution in [2.75, 3.05) is 10.8 Å².